The number of nitrogens with one attached hydrogen (secondary N) is 2. The van der Waals surface area contributed by atoms with Gasteiger partial charge in [0.1, 0.15) is 11.1 Å². The van der Waals surface area contributed by atoms with Crippen LogP contribution in [0.4, 0.5) is 0 Å². The van der Waals surface area contributed by atoms with E-state index < -0.39 is 15.4 Å². The lowest BCUT2D eigenvalue weighted by Crippen LogP contribution is -2.35. The van der Waals surface area contributed by atoms with Crippen molar-refractivity contribution >= 4 is 32.6 Å². The number of benzene rings is 2. The molecule has 0 radical (unpaired) electrons. The molecule has 2 aromatic carbocycles. The summed E-state index contributed by atoms with van der Waals surface area (Å²) in [5.74, 6) is -0.0267. The third-order valence-corrected chi connectivity index (χ3v) is 7.95. The standard InChI is InChI=1S/C29H33N3O5S/c1-38(35,36)24-13-11-21(12-14-24)22-9-10-23-19-26(37-25(23)18-22)28(34)31-17-7-5-3-2-4-6-8-27(33)32-29(20-30)15-16-29/h9-14,18-19H,2-8,15-17H2,1H3,(H,31,34)(H,32,33). The van der Waals surface area contributed by atoms with Gasteiger partial charge < -0.3 is 15.1 Å². The van der Waals surface area contributed by atoms with E-state index in [-0.39, 0.29) is 22.5 Å². The molecule has 1 fully saturated rings. The number of furan rings is 1. The minimum Gasteiger partial charge on any atom is -0.451 e. The summed E-state index contributed by atoms with van der Waals surface area (Å²) in [7, 11) is -3.25. The van der Waals surface area contributed by atoms with Crippen LogP contribution in [-0.2, 0) is 14.6 Å². The van der Waals surface area contributed by atoms with E-state index in [9.17, 15) is 18.0 Å². The van der Waals surface area contributed by atoms with Crippen LogP contribution in [0.25, 0.3) is 22.1 Å². The molecular weight excluding hydrogens is 502 g/mol. The number of hydrogen-bond donors (Lipinski definition) is 2. The van der Waals surface area contributed by atoms with Crippen LogP contribution in [0.3, 0.4) is 0 Å². The second kappa shape index (κ2) is 11.8. The number of nitrogens with zero attached hydrogens (tertiary/aromatic N) is 1. The quantitative estimate of drug-likeness (QED) is 0.292. The Morgan fingerprint density at radius 2 is 1.61 bits per heavy atom. The van der Waals surface area contributed by atoms with Crippen LogP contribution < -0.4 is 10.6 Å². The Hall–Kier alpha value is -3.64. The lowest BCUT2D eigenvalue weighted by Gasteiger charge is -2.08. The Morgan fingerprint density at radius 3 is 2.26 bits per heavy atom. The first-order chi connectivity index (χ1) is 18.2. The summed E-state index contributed by atoms with van der Waals surface area (Å²) in [5, 5.41) is 15.6. The number of carbonyl (C=O) groups is 2. The highest BCUT2D eigenvalue weighted by Crippen LogP contribution is 2.34. The number of sulfone groups is 1. The van der Waals surface area contributed by atoms with E-state index in [0.717, 1.165) is 67.9 Å². The van der Waals surface area contributed by atoms with E-state index in [0.29, 0.717) is 18.5 Å². The normalized spacial score (nSPS) is 14.1. The smallest absolute Gasteiger partial charge is 0.287 e. The number of fused-ring (bicyclic) bond motifs is 1. The molecule has 1 saturated carbocycles. The van der Waals surface area contributed by atoms with Crippen molar-refractivity contribution in [2.75, 3.05) is 12.8 Å². The van der Waals surface area contributed by atoms with Gasteiger partial charge in [0.05, 0.1) is 11.0 Å². The van der Waals surface area contributed by atoms with Crippen molar-refractivity contribution in [3.8, 4) is 17.2 Å². The first-order valence-corrected chi connectivity index (χ1v) is 14.9. The highest BCUT2D eigenvalue weighted by Gasteiger charge is 2.44. The van der Waals surface area contributed by atoms with E-state index >= 15 is 0 Å². The molecular formula is C29H33N3O5S. The minimum absolute atomic E-state index is 0.0307. The zero-order valence-electron chi connectivity index (χ0n) is 21.6. The molecule has 2 amide bonds. The monoisotopic (exact) mass is 535 g/mol. The second-order valence-electron chi connectivity index (χ2n) is 10.0. The van der Waals surface area contributed by atoms with Gasteiger partial charge in [-0.05, 0) is 61.1 Å². The van der Waals surface area contributed by atoms with Crippen LogP contribution in [-0.4, -0.2) is 38.6 Å². The minimum atomic E-state index is -3.25. The number of rotatable bonds is 13. The molecule has 1 aliphatic rings. The van der Waals surface area contributed by atoms with Crippen molar-refractivity contribution in [3.05, 3.63) is 54.3 Å². The Morgan fingerprint density at radius 1 is 0.947 bits per heavy atom. The van der Waals surface area contributed by atoms with E-state index in [1.807, 2.05) is 18.2 Å². The molecule has 8 nitrogen and oxygen atoms in total. The molecule has 1 aliphatic carbocycles. The Labute approximate surface area is 223 Å². The van der Waals surface area contributed by atoms with Crippen LogP contribution in [0.15, 0.2) is 57.8 Å². The molecule has 0 aliphatic heterocycles. The largest absolute Gasteiger partial charge is 0.451 e. The van der Waals surface area contributed by atoms with Gasteiger partial charge in [0.15, 0.2) is 15.6 Å². The molecule has 0 spiro atoms. The first-order valence-electron chi connectivity index (χ1n) is 13.0. The van der Waals surface area contributed by atoms with Crippen LogP contribution in [0.2, 0.25) is 0 Å². The molecule has 0 unspecified atom stereocenters. The average molecular weight is 536 g/mol. The summed E-state index contributed by atoms with van der Waals surface area (Å²) < 4.78 is 29.2. The summed E-state index contributed by atoms with van der Waals surface area (Å²) in [6.45, 7) is 0.562. The van der Waals surface area contributed by atoms with Gasteiger partial charge in [0.2, 0.25) is 5.91 Å². The number of hydrogen-bond acceptors (Lipinski definition) is 6. The van der Waals surface area contributed by atoms with Crippen molar-refractivity contribution in [2.45, 2.75) is 68.2 Å². The Balaban J connectivity index is 1.15. The fourth-order valence-corrected chi connectivity index (χ4v) is 4.97. The SMILES string of the molecule is CS(=O)(=O)c1ccc(-c2ccc3cc(C(=O)NCCCCCCCCC(=O)NC4(C#N)CC4)oc3c2)cc1. The lowest BCUT2D eigenvalue weighted by atomic mass is 10.0. The van der Waals surface area contributed by atoms with Crippen molar-refractivity contribution in [2.24, 2.45) is 0 Å². The van der Waals surface area contributed by atoms with Gasteiger partial charge >= 0.3 is 0 Å². The van der Waals surface area contributed by atoms with E-state index in [1.165, 1.54) is 6.26 Å². The summed E-state index contributed by atoms with van der Waals surface area (Å²) in [4.78, 5) is 24.7. The zero-order chi connectivity index (χ0) is 27.2. The summed E-state index contributed by atoms with van der Waals surface area (Å²) in [6.07, 6.45) is 8.89. The Kier molecular flexibility index (Phi) is 8.52. The number of unbranched alkanes of at least 4 members (excludes halogenated alkanes) is 5. The van der Waals surface area contributed by atoms with Gasteiger partial charge in [-0.15, -0.1) is 0 Å². The number of carbonyl (C=O) groups excluding carboxylic acids is 2. The van der Waals surface area contributed by atoms with Crippen molar-refractivity contribution in [1.82, 2.24) is 10.6 Å². The molecule has 0 bridgehead atoms. The van der Waals surface area contributed by atoms with Crippen molar-refractivity contribution in [1.29, 1.82) is 5.26 Å². The van der Waals surface area contributed by atoms with Gasteiger partial charge in [-0.3, -0.25) is 9.59 Å². The van der Waals surface area contributed by atoms with Crippen LogP contribution in [0.5, 0.6) is 0 Å². The zero-order valence-corrected chi connectivity index (χ0v) is 22.4. The van der Waals surface area contributed by atoms with Gasteiger partial charge in [0.25, 0.3) is 5.91 Å². The molecule has 0 atom stereocenters. The van der Waals surface area contributed by atoms with Crippen molar-refractivity contribution < 1.29 is 22.4 Å². The van der Waals surface area contributed by atoms with Crippen LogP contribution >= 0.6 is 0 Å². The highest BCUT2D eigenvalue weighted by atomic mass is 32.2. The second-order valence-corrected chi connectivity index (χ2v) is 12.0. The molecule has 1 aromatic heterocycles. The summed E-state index contributed by atoms with van der Waals surface area (Å²) >= 11 is 0. The highest BCUT2D eigenvalue weighted by molar-refractivity contribution is 7.90. The first kappa shape index (κ1) is 27.4. The third kappa shape index (κ3) is 7.23. The molecule has 1 heterocycles. The van der Waals surface area contributed by atoms with Crippen LogP contribution in [0, 0.1) is 11.3 Å². The number of nitriles is 1. The van der Waals surface area contributed by atoms with E-state index in [2.05, 4.69) is 16.7 Å². The lowest BCUT2D eigenvalue weighted by molar-refractivity contribution is -0.121. The van der Waals surface area contributed by atoms with Crippen molar-refractivity contribution in [3.63, 3.8) is 0 Å². The van der Waals surface area contributed by atoms with E-state index in [4.69, 9.17) is 9.68 Å². The topological polar surface area (TPSA) is 129 Å². The summed E-state index contributed by atoms with van der Waals surface area (Å²) in [6, 6.07) is 16.2. The van der Waals surface area contributed by atoms with E-state index in [1.54, 1.807) is 30.3 Å². The molecule has 200 valence electrons. The maximum Gasteiger partial charge on any atom is 0.287 e. The Bertz CT molecular complexity index is 1450. The van der Waals surface area contributed by atoms with Gasteiger partial charge in [-0.2, -0.15) is 5.26 Å². The molecule has 0 saturated heterocycles. The fraction of sp³-hybridized carbons (Fsp3) is 0.414. The maximum atomic E-state index is 12.5. The average Bonchev–Trinajstić information content (AvgIpc) is 3.53. The molecule has 2 N–H and O–H groups in total. The number of amides is 2. The molecule has 38 heavy (non-hydrogen) atoms. The molecule has 9 heteroatoms. The van der Waals surface area contributed by atoms with Gasteiger partial charge in [-0.25, -0.2) is 8.42 Å². The fourth-order valence-electron chi connectivity index (χ4n) is 4.34. The summed E-state index contributed by atoms with van der Waals surface area (Å²) in [5.41, 5.74) is 1.74. The third-order valence-electron chi connectivity index (χ3n) is 6.82. The molecule has 3 aromatic rings. The van der Waals surface area contributed by atoms with Gasteiger partial charge in [-0.1, -0.05) is 49.9 Å². The van der Waals surface area contributed by atoms with Gasteiger partial charge in [0, 0.05) is 24.6 Å². The predicted molar refractivity (Wildman–Crippen MR) is 145 cm³/mol. The maximum absolute atomic E-state index is 12.5. The van der Waals surface area contributed by atoms with Crippen LogP contribution in [0.1, 0.15) is 68.3 Å². The predicted octanol–water partition coefficient (Wildman–Crippen LogP) is 5.14. The molecule has 4 rings (SSSR count).